The van der Waals surface area contributed by atoms with Crippen LogP contribution < -0.4 is 5.32 Å². The van der Waals surface area contributed by atoms with Crippen LogP contribution >= 0.6 is 0 Å². The molecule has 1 aromatic heterocycles. The van der Waals surface area contributed by atoms with Gasteiger partial charge in [-0.3, -0.25) is 4.79 Å². The molecule has 0 saturated carbocycles. The molecule has 1 rings (SSSR count). The topological polar surface area (TPSA) is 59.8 Å². The quantitative estimate of drug-likeness (QED) is 0.756. The van der Waals surface area contributed by atoms with Crippen molar-refractivity contribution < 1.29 is 4.79 Å². The monoisotopic (exact) mass is 196 g/mol. The van der Waals surface area contributed by atoms with E-state index in [0.717, 1.165) is 5.69 Å². The molecule has 5 heteroatoms. The third-order valence-corrected chi connectivity index (χ3v) is 1.81. The van der Waals surface area contributed by atoms with Gasteiger partial charge in [-0.05, 0) is 12.8 Å². The van der Waals surface area contributed by atoms with Crippen molar-refractivity contribution in [3.05, 3.63) is 11.9 Å². The minimum absolute atomic E-state index is 0.0210. The second kappa shape index (κ2) is 4.74. The highest BCUT2D eigenvalue weighted by molar-refractivity contribution is 5.75. The van der Waals surface area contributed by atoms with E-state index in [0.29, 0.717) is 12.5 Å². The average Bonchev–Trinajstić information content (AvgIpc) is 2.49. The number of aryl methyl sites for hydroxylation is 1. The van der Waals surface area contributed by atoms with Crippen molar-refractivity contribution in [2.45, 2.75) is 27.3 Å². The molecule has 1 heterocycles. The van der Waals surface area contributed by atoms with Crippen LogP contribution in [0.3, 0.4) is 0 Å². The van der Waals surface area contributed by atoms with E-state index in [1.165, 1.54) is 0 Å². The molecule has 0 radical (unpaired) electrons. The number of carbonyl (C=O) groups excluding carboxylic acids is 1. The van der Waals surface area contributed by atoms with Crippen molar-refractivity contribution in [2.24, 2.45) is 5.92 Å². The fraction of sp³-hybridized carbons (Fsp3) is 0.667. The molecule has 0 bridgehead atoms. The summed E-state index contributed by atoms with van der Waals surface area (Å²) in [5, 5.41) is 10.3. The SMILES string of the molecule is Cc1cnnn1CC(=O)NCC(C)C. The number of carbonyl (C=O) groups is 1. The maximum Gasteiger partial charge on any atom is 0.241 e. The summed E-state index contributed by atoms with van der Waals surface area (Å²) in [6.07, 6.45) is 1.63. The first kappa shape index (κ1) is 10.7. The lowest BCUT2D eigenvalue weighted by molar-refractivity contribution is -0.122. The van der Waals surface area contributed by atoms with Gasteiger partial charge in [0, 0.05) is 6.54 Å². The molecule has 0 unspecified atom stereocenters. The third kappa shape index (κ3) is 3.16. The van der Waals surface area contributed by atoms with Crippen LogP contribution in [0.5, 0.6) is 0 Å². The lowest BCUT2D eigenvalue weighted by Crippen LogP contribution is -2.31. The van der Waals surface area contributed by atoms with Gasteiger partial charge in [0.05, 0.1) is 11.9 Å². The maximum absolute atomic E-state index is 11.4. The molecule has 0 spiro atoms. The second-order valence-electron chi connectivity index (χ2n) is 3.73. The fourth-order valence-corrected chi connectivity index (χ4v) is 0.975. The molecule has 1 N–H and O–H groups in total. The molecule has 1 amide bonds. The van der Waals surface area contributed by atoms with Gasteiger partial charge >= 0.3 is 0 Å². The van der Waals surface area contributed by atoms with Crippen LogP contribution in [-0.4, -0.2) is 27.4 Å². The molecule has 0 saturated heterocycles. The van der Waals surface area contributed by atoms with Crippen molar-refractivity contribution in [1.82, 2.24) is 20.3 Å². The predicted molar refractivity (Wildman–Crippen MR) is 52.6 cm³/mol. The highest BCUT2D eigenvalue weighted by Gasteiger charge is 2.05. The van der Waals surface area contributed by atoms with Gasteiger partial charge < -0.3 is 5.32 Å². The Labute approximate surface area is 83.5 Å². The first-order valence-electron chi connectivity index (χ1n) is 4.71. The number of amides is 1. The van der Waals surface area contributed by atoms with E-state index in [2.05, 4.69) is 29.5 Å². The van der Waals surface area contributed by atoms with Gasteiger partial charge in [0.25, 0.3) is 0 Å². The van der Waals surface area contributed by atoms with Gasteiger partial charge in [-0.15, -0.1) is 5.10 Å². The molecule has 0 aliphatic heterocycles. The minimum Gasteiger partial charge on any atom is -0.354 e. The van der Waals surface area contributed by atoms with Crippen LogP contribution in [-0.2, 0) is 11.3 Å². The molecule has 0 atom stereocenters. The summed E-state index contributed by atoms with van der Waals surface area (Å²) >= 11 is 0. The van der Waals surface area contributed by atoms with Crippen LogP contribution in [0, 0.1) is 12.8 Å². The van der Waals surface area contributed by atoms with Gasteiger partial charge in [0.15, 0.2) is 0 Å². The number of aromatic nitrogens is 3. The number of nitrogens with one attached hydrogen (secondary N) is 1. The molecule has 0 fully saturated rings. The van der Waals surface area contributed by atoms with Crippen LogP contribution in [0.25, 0.3) is 0 Å². The Morgan fingerprint density at radius 1 is 1.64 bits per heavy atom. The van der Waals surface area contributed by atoms with Crippen LogP contribution in [0.4, 0.5) is 0 Å². The summed E-state index contributed by atoms with van der Waals surface area (Å²) in [5.41, 5.74) is 0.893. The predicted octanol–water partition coefficient (Wildman–Crippen LogP) is 0.359. The number of rotatable bonds is 4. The molecule has 1 aromatic rings. The maximum atomic E-state index is 11.4. The Bertz CT molecular complexity index is 306. The van der Waals surface area contributed by atoms with E-state index in [1.54, 1.807) is 10.9 Å². The molecule has 5 nitrogen and oxygen atoms in total. The zero-order chi connectivity index (χ0) is 10.6. The summed E-state index contributed by atoms with van der Waals surface area (Å²) in [7, 11) is 0. The minimum atomic E-state index is -0.0210. The van der Waals surface area contributed by atoms with E-state index in [4.69, 9.17) is 0 Å². The van der Waals surface area contributed by atoms with Gasteiger partial charge in [0.1, 0.15) is 6.54 Å². The van der Waals surface area contributed by atoms with Gasteiger partial charge in [0.2, 0.25) is 5.91 Å². The largest absolute Gasteiger partial charge is 0.354 e. The van der Waals surface area contributed by atoms with E-state index < -0.39 is 0 Å². The Kier molecular flexibility index (Phi) is 3.62. The number of nitrogens with zero attached hydrogens (tertiary/aromatic N) is 3. The molecule has 0 aliphatic rings. The van der Waals surface area contributed by atoms with Crippen LogP contribution in [0.15, 0.2) is 6.20 Å². The van der Waals surface area contributed by atoms with Crippen molar-refractivity contribution >= 4 is 5.91 Å². The zero-order valence-electron chi connectivity index (χ0n) is 8.82. The first-order valence-corrected chi connectivity index (χ1v) is 4.71. The smallest absolute Gasteiger partial charge is 0.241 e. The summed E-state index contributed by atoms with van der Waals surface area (Å²) < 4.78 is 1.58. The van der Waals surface area contributed by atoms with Crippen molar-refractivity contribution in [2.75, 3.05) is 6.54 Å². The molecule has 78 valence electrons. The Balaban J connectivity index is 2.38. The van der Waals surface area contributed by atoms with Crippen molar-refractivity contribution in [1.29, 1.82) is 0 Å². The summed E-state index contributed by atoms with van der Waals surface area (Å²) in [6.45, 7) is 6.93. The van der Waals surface area contributed by atoms with E-state index in [9.17, 15) is 4.79 Å². The van der Waals surface area contributed by atoms with Crippen LogP contribution in [0.2, 0.25) is 0 Å². The summed E-state index contributed by atoms with van der Waals surface area (Å²) in [4.78, 5) is 11.4. The third-order valence-electron chi connectivity index (χ3n) is 1.81. The van der Waals surface area contributed by atoms with Crippen molar-refractivity contribution in [3.63, 3.8) is 0 Å². The highest BCUT2D eigenvalue weighted by Crippen LogP contribution is 1.93. The lowest BCUT2D eigenvalue weighted by atomic mass is 10.2. The molecule has 0 aromatic carbocycles. The van der Waals surface area contributed by atoms with E-state index in [-0.39, 0.29) is 12.5 Å². The van der Waals surface area contributed by atoms with E-state index >= 15 is 0 Å². The fourth-order valence-electron chi connectivity index (χ4n) is 0.975. The van der Waals surface area contributed by atoms with Gasteiger partial charge in [-0.2, -0.15) is 0 Å². The number of hydrogen-bond acceptors (Lipinski definition) is 3. The Hall–Kier alpha value is -1.39. The Morgan fingerprint density at radius 3 is 2.86 bits per heavy atom. The standard InChI is InChI=1S/C9H16N4O/c1-7(2)4-10-9(14)6-13-8(3)5-11-12-13/h5,7H,4,6H2,1-3H3,(H,10,14). The van der Waals surface area contributed by atoms with Gasteiger partial charge in [-0.1, -0.05) is 19.1 Å². The normalized spacial score (nSPS) is 10.6. The second-order valence-corrected chi connectivity index (χ2v) is 3.73. The van der Waals surface area contributed by atoms with Gasteiger partial charge in [-0.25, -0.2) is 4.68 Å². The molecular weight excluding hydrogens is 180 g/mol. The first-order chi connectivity index (χ1) is 6.59. The molecular formula is C9H16N4O. The summed E-state index contributed by atoms with van der Waals surface area (Å²) in [6, 6.07) is 0. The Morgan fingerprint density at radius 2 is 2.36 bits per heavy atom. The average molecular weight is 196 g/mol. The summed E-state index contributed by atoms with van der Waals surface area (Å²) in [5.74, 6) is 0.447. The lowest BCUT2D eigenvalue weighted by Gasteiger charge is -2.07. The zero-order valence-corrected chi connectivity index (χ0v) is 8.82. The molecule has 14 heavy (non-hydrogen) atoms. The molecule has 0 aliphatic carbocycles. The van der Waals surface area contributed by atoms with E-state index in [1.807, 2.05) is 6.92 Å². The van der Waals surface area contributed by atoms with Crippen LogP contribution in [0.1, 0.15) is 19.5 Å². The highest BCUT2D eigenvalue weighted by atomic mass is 16.2. The van der Waals surface area contributed by atoms with Crippen molar-refractivity contribution in [3.8, 4) is 0 Å². The number of hydrogen-bond donors (Lipinski definition) is 1.